The number of amides is 3. The van der Waals surface area contributed by atoms with Crippen LogP contribution in [0.5, 0.6) is 11.5 Å². The van der Waals surface area contributed by atoms with Crippen molar-refractivity contribution >= 4 is 29.3 Å². The van der Waals surface area contributed by atoms with Gasteiger partial charge in [0.15, 0.2) is 5.82 Å². The number of carbonyl (C=O) groups excluding carboxylic acids is 2. The Morgan fingerprint density at radius 3 is 2.57 bits per heavy atom. The summed E-state index contributed by atoms with van der Waals surface area (Å²) >= 11 is 0. The molecule has 0 aliphatic carbocycles. The summed E-state index contributed by atoms with van der Waals surface area (Å²) in [6.07, 6.45) is -2.83. The number of fused-ring (bicyclic) bond motifs is 1. The monoisotopic (exact) mass is 489 g/mol. The van der Waals surface area contributed by atoms with Crippen molar-refractivity contribution in [3.05, 3.63) is 53.4 Å². The molecule has 0 atom stereocenters. The molecule has 3 aromatic rings. The Hall–Kier alpha value is -4.09. The van der Waals surface area contributed by atoms with Gasteiger partial charge < -0.3 is 19.9 Å². The molecule has 1 aliphatic rings. The average Bonchev–Trinajstić information content (AvgIpc) is 3.23. The zero-order valence-electron chi connectivity index (χ0n) is 19.0. The number of ether oxygens (including phenoxy) is 1. The van der Waals surface area contributed by atoms with Crippen molar-refractivity contribution in [3.63, 3.8) is 0 Å². The molecule has 0 saturated carbocycles. The van der Waals surface area contributed by atoms with Crippen molar-refractivity contribution < 1.29 is 32.0 Å². The number of nitrogens with one attached hydrogen (secondary N) is 3. The van der Waals surface area contributed by atoms with Gasteiger partial charge in [0.05, 0.1) is 11.3 Å². The molecule has 0 radical (unpaired) electrons. The highest BCUT2D eigenvalue weighted by Crippen LogP contribution is 2.39. The number of halogens is 3. The number of hydrogen-bond acceptors (Lipinski definition) is 6. The fourth-order valence-electron chi connectivity index (χ4n) is 3.37. The summed E-state index contributed by atoms with van der Waals surface area (Å²) in [4.78, 5) is 28.0. The van der Waals surface area contributed by atoms with Gasteiger partial charge in [-0.25, -0.2) is 9.78 Å². The predicted octanol–water partition coefficient (Wildman–Crippen LogP) is 5.71. The molecule has 4 rings (SSSR count). The Bertz CT molecular complexity index is 1280. The van der Waals surface area contributed by atoms with Crippen LogP contribution in [0, 0.1) is 0 Å². The van der Waals surface area contributed by atoms with E-state index < -0.39 is 23.5 Å². The van der Waals surface area contributed by atoms with E-state index in [9.17, 15) is 22.8 Å². The number of alkyl halides is 3. The van der Waals surface area contributed by atoms with Gasteiger partial charge in [0, 0.05) is 29.7 Å². The predicted molar refractivity (Wildman–Crippen MR) is 121 cm³/mol. The normalized spacial score (nSPS) is 13.6. The SMILES string of the molecule is CC(C)(C)c1cc(NC(=O)Nc2ccc(Oc3ccnc4c3CCC(=O)N4)cc2C(F)(F)F)no1. The van der Waals surface area contributed by atoms with Gasteiger partial charge in [0.1, 0.15) is 23.1 Å². The van der Waals surface area contributed by atoms with Crippen LogP contribution in [0.25, 0.3) is 0 Å². The molecule has 1 aliphatic heterocycles. The minimum atomic E-state index is -4.78. The molecule has 0 saturated heterocycles. The second-order valence-corrected chi connectivity index (χ2v) is 8.90. The minimum Gasteiger partial charge on any atom is -0.457 e. The maximum atomic E-state index is 13.8. The van der Waals surface area contributed by atoms with Gasteiger partial charge in [-0.1, -0.05) is 25.9 Å². The van der Waals surface area contributed by atoms with E-state index in [4.69, 9.17) is 9.26 Å². The van der Waals surface area contributed by atoms with Gasteiger partial charge in [-0.2, -0.15) is 13.2 Å². The zero-order chi connectivity index (χ0) is 25.4. The number of benzene rings is 1. The Kier molecular flexibility index (Phi) is 6.14. The van der Waals surface area contributed by atoms with Crippen LogP contribution >= 0.6 is 0 Å². The molecule has 3 amide bonds. The van der Waals surface area contributed by atoms with E-state index in [2.05, 4.69) is 26.1 Å². The van der Waals surface area contributed by atoms with E-state index in [0.29, 0.717) is 23.6 Å². The molecule has 9 nitrogen and oxygen atoms in total. The first kappa shape index (κ1) is 24.0. The van der Waals surface area contributed by atoms with Crippen LogP contribution in [-0.4, -0.2) is 22.1 Å². The van der Waals surface area contributed by atoms with Crippen LogP contribution in [0.3, 0.4) is 0 Å². The number of aromatic nitrogens is 2. The molecule has 1 aromatic carbocycles. The van der Waals surface area contributed by atoms with Crippen molar-refractivity contribution in [2.24, 2.45) is 0 Å². The maximum Gasteiger partial charge on any atom is 0.418 e. The van der Waals surface area contributed by atoms with Gasteiger partial charge in [0.25, 0.3) is 0 Å². The lowest BCUT2D eigenvalue weighted by atomic mass is 9.93. The number of urea groups is 1. The third-order valence-electron chi connectivity index (χ3n) is 5.14. The quantitative estimate of drug-likeness (QED) is 0.432. The molecule has 0 unspecified atom stereocenters. The fourth-order valence-corrected chi connectivity index (χ4v) is 3.37. The van der Waals surface area contributed by atoms with Gasteiger partial charge in [-0.3, -0.25) is 10.1 Å². The molecular weight excluding hydrogens is 467 g/mol. The number of rotatable bonds is 4. The third kappa shape index (κ3) is 5.53. The molecule has 3 N–H and O–H groups in total. The van der Waals surface area contributed by atoms with Gasteiger partial charge in [-0.05, 0) is 30.7 Å². The van der Waals surface area contributed by atoms with Gasteiger partial charge in [-0.15, -0.1) is 0 Å². The molecular formula is C23H22F3N5O4. The highest BCUT2D eigenvalue weighted by atomic mass is 19.4. The summed E-state index contributed by atoms with van der Waals surface area (Å²) in [7, 11) is 0. The summed E-state index contributed by atoms with van der Waals surface area (Å²) in [6, 6.07) is 5.27. The van der Waals surface area contributed by atoms with E-state index in [0.717, 1.165) is 12.1 Å². The van der Waals surface area contributed by atoms with Crippen LogP contribution in [0.4, 0.5) is 35.3 Å². The molecule has 12 heteroatoms. The first-order valence-electron chi connectivity index (χ1n) is 10.6. The third-order valence-corrected chi connectivity index (χ3v) is 5.14. The molecule has 3 heterocycles. The number of anilines is 3. The Morgan fingerprint density at radius 1 is 1.11 bits per heavy atom. The fraction of sp³-hybridized carbons (Fsp3) is 0.304. The highest BCUT2D eigenvalue weighted by Gasteiger charge is 2.35. The van der Waals surface area contributed by atoms with Gasteiger partial charge >= 0.3 is 12.2 Å². The second-order valence-electron chi connectivity index (χ2n) is 8.90. The lowest BCUT2D eigenvalue weighted by Gasteiger charge is -2.20. The molecule has 0 bridgehead atoms. The summed E-state index contributed by atoms with van der Waals surface area (Å²) < 4.78 is 52.2. The maximum absolute atomic E-state index is 13.8. The van der Waals surface area contributed by atoms with Crippen LogP contribution < -0.4 is 20.7 Å². The van der Waals surface area contributed by atoms with Crippen LogP contribution in [0.15, 0.2) is 41.1 Å². The highest BCUT2D eigenvalue weighted by molar-refractivity contribution is 5.99. The molecule has 2 aromatic heterocycles. The van der Waals surface area contributed by atoms with E-state index >= 15 is 0 Å². The molecule has 0 fully saturated rings. The molecule has 0 spiro atoms. The average molecular weight is 489 g/mol. The minimum absolute atomic E-state index is 0.0653. The zero-order valence-corrected chi connectivity index (χ0v) is 19.0. The number of hydrogen-bond donors (Lipinski definition) is 3. The Balaban J connectivity index is 1.54. The van der Waals surface area contributed by atoms with E-state index in [-0.39, 0.29) is 35.1 Å². The smallest absolute Gasteiger partial charge is 0.418 e. The number of pyridine rings is 1. The topological polar surface area (TPSA) is 118 Å². The van der Waals surface area contributed by atoms with Crippen molar-refractivity contribution in [1.29, 1.82) is 0 Å². The lowest BCUT2D eigenvalue weighted by molar-refractivity contribution is -0.137. The van der Waals surface area contributed by atoms with Crippen molar-refractivity contribution in [2.45, 2.75) is 45.2 Å². The van der Waals surface area contributed by atoms with Crippen LogP contribution in [0.1, 0.15) is 44.1 Å². The number of carbonyl (C=O) groups is 2. The summed E-state index contributed by atoms with van der Waals surface area (Å²) in [5, 5.41) is 10.9. The number of nitrogens with zero attached hydrogens (tertiary/aromatic N) is 2. The summed E-state index contributed by atoms with van der Waals surface area (Å²) in [5.74, 6) is 0.864. The first-order valence-corrected chi connectivity index (χ1v) is 10.6. The van der Waals surface area contributed by atoms with Crippen molar-refractivity contribution in [3.8, 4) is 11.5 Å². The lowest BCUT2D eigenvalue weighted by Crippen LogP contribution is -2.22. The standard InChI is InChI=1S/C23H22F3N5O4/c1-22(2,3)17-11-18(31-35-17)29-21(33)28-15-6-4-12(10-14(15)23(24,25)26)34-16-8-9-27-20-13(16)5-7-19(32)30-20/h4,6,8-11H,5,7H2,1-3H3,(H,27,30,32)(H2,28,29,31,33). The van der Waals surface area contributed by atoms with Gasteiger partial charge in [0.2, 0.25) is 5.91 Å². The van der Waals surface area contributed by atoms with E-state index in [1.165, 1.54) is 24.4 Å². The summed E-state index contributed by atoms with van der Waals surface area (Å²) in [5.41, 5.74) is -1.34. The molecule has 184 valence electrons. The Morgan fingerprint density at radius 2 is 1.89 bits per heavy atom. The van der Waals surface area contributed by atoms with E-state index in [1.54, 1.807) is 0 Å². The van der Waals surface area contributed by atoms with Crippen LogP contribution in [-0.2, 0) is 22.8 Å². The summed E-state index contributed by atoms with van der Waals surface area (Å²) in [6.45, 7) is 5.65. The Labute approximate surface area is 198 Å². The van der Waals surface area contributed by atoms with Crippen molar-refractivity contribution in [2.75, 3.05) is 16.0 Å². The second kappa shape index (κ2) is 8.93. The van der Waals surface area contributed by atoms with Crippen LogP contribution in [0.2, 0.25) is 0 Å². The first-order chi connectivity index (χ1) is 16.4. The van der Waals surface area contributed by atoms with E-state index in [1.807, 2.05) is 20.8 Å². The van der Waals surface area contributed by atoms with Crippen molar-refractivity contribution in [1.82, 2.24) is 10.1 Å². The molecule has 35 heavy (non-hydrogen) atoms. The largest absolute Gasteiger partial charge is 0.457 e.